The third-order valence-electron chi connectivity index (χ3n) is 2.33. The zero-order valence-electron chi connectivity index (χ0n) is 9.36. The molecule has 0 bridgehead atoms. The Morgan fingerprint density at radius 3 is 2.33 bits per heavy atom. The Kier molecular flexibility index (Phi) is 5.69. The van der Waals surface area contributed by atoms with Crippen LogP contribution in [-0.4, -0.2) is 29.4 Å². The Labute approximate surface area is 119 Å². The molecular weight excluding hydrogens is 302 g/mol. The molecule has 100 valence electrons. The van der Waals surface area contributed by atoms with Crippen LogP contribution in [0.1, 0.15) is 18.1 Å². The number of hydrogen-bond acceptors (Lipinski definition) is 4. The predicted molar refractivity (Wildman–Crippen MR) is 69.1 cm³/mol. The van der Waals surface area contributed by atoms with Gasteiger partial charge in [-0.3, -0.25) is 4.79 Å². The van der Waals surface area contributed by atoms with Gasteiger partial charge in [-0.05, 0) is 12.1 Å². The number of halogens is 3. The minimum absolute atomic E-state index is 0.154. The first kappa shape index (κ1) is 15.5. The number of esters is 1. The van der Waals surface area contributed by atoms with Crippen molar-refractivity contribution < 1.29 is 19.7 Å². The van der Waals surface area contributed by atoms with Crippen molar-refractivity contribution in [1.29, 1.82) is 0 Å². The summed E-state index contributed by atoms with van der Waals surface area (Å²) < 4.78 is 4.39. The van der Waals surface area contributed by atoms with Crippen LogP contribution in [0.5, 0.6) is 0 Å². The van der Waals surface area contributed by atoms with E-state index in [1.54, 1.807) is 0 Å². The molecule has 1 rings (SSSR count). The van der Waals surface area contributed by atoms with Gasteiger partial charge in [-0.1, -0.05) is 34.8 Å². The fourth-order valence-electron chi connectivity index (χ4n) is 1.34. The quantitative estimate of drug-likeness (QED) is 0.662. The van der Waals surface area contributed by atoms with Crippen molar-refractivity contribution >= 4 is 40.8 Å². The summed E-state index contributed by atoms with van der Waals surface area (Å²) in [6.07, 6.45) is -3.05. The summed E-state index contributed by atoms with van der Waals surface area (Å²) >= 11 is 17.4. The first-order valence-corrected chi connectivity index (χ1v) is 6.07. The molecule has 18 heavy (non-hydrogen) atoms. The molecule has 7 heteroatoms. The number of carbonyl (C=O) groups is 1. The second kappa shape index (κ2) is 6.59. The Morgan fingerprint density at radius 1 is 1.22 bits per heavy atom. The van der Waals surface area contributed by atoms with Gasteiger partial charge in [0.05, 0.1) is 29.7 Å². The fraction of sp³-hybridized carbons (Fsp3) is 0.364. The van der Waals surface area contributed by atoms with E-state index in [1.807, 2.05) is 0 Å². The molecule has 0 aromatic heterocycles. The molecule has 0 aliphatic carbocycles. The third-order valence-corrected chi connectivity index (χ3v) is 3.38. The van der Waals surface area contributed by atoms with Gasteiger partial charge in [-0.25, -0.2) is 0 Å². The van der Waals surface area contributed by atoms with Crippen LogP contribution in [-0.2, 0) is 9.53 Å². The first-order chi connectivity index (χ1) is 8.36. The summed E-state index contributed by atoms with van der Waals surface area (Å²) in [6, 6.07) is 2.70. The van der Waals surface area contributed by atoms with E-state index < -0.39 is 18.2 Å². The van der Waals surface area contributed by atoms with E-state index in [2.05, 4.69) is 4.74 Å². The summed E-state index contributed by atoms with van der Waals surface area (Å²) in [5.74, 6) is -0.641. The molecule has 1 aromatic rings. The summed E-state index contributed by atoms with van der Waals surface area (Å²) in [7, 11) is 1.19. The number of aliphatic hydroxyl groups is 2. The molecule has 4 nitrogen and oxygen atoms in total. The molecule has 0 aliphatic heterocycles. The molecule has 0 radical (unpaired) electrons. The Balaban J connectivity index is 2.93. The zero-order valence-corrected chi connectivity index (χ0v) is 11.6. The largest absolute Gasteiger partial charge is 0.469 e. The van der Waals surface area contributed by atoms with Crippen LogP contribution in [0.4, 0.5) is 0 Å². The monoisotopic (exact) mass is 312 g/mol. The second-order valence-corrected chi connectivity index (χ2v) is 4.80. The van der Waals surface area contributed by atoms with Gasteiger partial charge in [0, 0.05) is 10.6 Å². The van der Waals surface area contributed by atoms with Crippen LogP contribution in [0.25, 0.3) is 0 Å². The number of methoxy groups -OCH3 is 1. The minimum Gasteiger partial charge on any atom is -0.469 e. The third kappa shape index (κ3) is 3.73. The van der Waals surface area contributed by atoms with E-state index in [-0.39, 0.29) is 27.1 Å². The lowest BCUT2D eigenvalue weighted by Crippen LogP contribution is -2.22. The van der Waals surface area contributed by atoms with Crippen molar-refractivity contribution in [2.45, 2.75) is 18.6 Å². The summed E-state index contributed by atoms with van der Waals surface area (Å²) in [5.41, 5.74) is 0.197. The Morgan fingerprint density at radius 2 is 1.78 bits per heavy atom. The van der Waals surface area contributed by atoms with E-state index in [1.165, 1.54) is 19.2 Å². The molecule has 0 fully saturated rings. The van der Waals surface area contributed by atoms with Crippen molar-refractivity contribution in [3.05, 3.63) is 32.8 Å². The molecule has 2 atom stereocenters. The highest BCUT2D eigenvalue weighted by molar-refractivity contribution is 6.43. The van der Waals surface area contributed by atoms with Crippen LogP contribution in [0.2, 0.25) is 15.1 Å². The molecule has 0 aliphatic rings. The number of benzene rings is 1. The summed E-state index contributed by atoms with van der Waals surface area (Å²) in [5, 5.41) is 20.1. The van der Waals surface area contributed by atoms with Crippen LogP contribution in [0, 0.1) is 0 Å². The van der Waals surface area contributed by atoms with Gasteiger partial charge >= 0.3 is 5.97 Å². The minimum atomic E-state index is -1.36. The molecular formula is C11H11Cl3O4. The Hall–Kier alpha value is -0.520. The standard InChI is InChI=1S/C11H11Cl3O4/c1-18-10(16)4-9(15)11(17)5-2-7(13)8(14)3-6(5)12/h2-3,9,11,15,17H,4H2,1H3. The highest BCUT2D eigenvalue weighted by Gasteiger charge is 2.24. The van der Waals surface area contributed by atoms with Crippen molar-refractivity contribution in [2.75, 3.05) is 7.11 Å². The molecule has 2 unspecified atom stereocenters. The van der Waals surface area contributed by atoms with Gasteiger partial charge < -0.3 is 14.9 Å². The van der Waals surface area contributed by atoms with Crippen LogP contribution < -0.4 is 0 Å². The summed E-state index contributed by atoms with van der Waals surface area (Å²) in [6.45, 7) is 0. The van der Waals surface area contributed by atoms with Gasteiger partial charge in [0.15, 0.2) is 0 Å². The van der Waals surface area contributed by atoms with E-state index in [9.17, 15) is 15.0 Å². The van der Waals surface area contributed by atoms with Crippen molar-refractivity contribution in [3.63, 3.8) is 0 Å². The molecule has 1 aromatic carbocycles. The van der Waals surface area contributed by atoms with Gasteiger partial charge in [-0.15, -0.1) is 0 Å². The predicted octanol–water partition coefficient (Wildman–Crippen LogP) is 2.60. The number of hydrogen-bond donors (Lipinski definition) is 2. The molecule has 2 N–H and O–H groups in total. The maximum atomic E-state index is 11.0. The molecule has 0 heterocycles. The second-order valence-electron chi connectivity index (χ2n) is 3.58. The van der Waals surface area contributed by atoms with E-state index in [0.717, 1.165) is 0 Å². The average molecular weight is 314 g/mol. The van der Waals surface area contributed by atoms with Crippen LogP contribution in [0.3, 0.4) is 0 Å². The van der Waals surface area contributed by atoms with Gasteiger partial charge in [-0.2, -0.15) is 0 Å². The lowest BCUT2D eigenvalue weighted by molar-refractivity contribution is -0.144. The molecule has 0 spiro atoms. The van der Waals surface area contributed by atoms with Gasteiger partial charge in [0.1, 0.15) is 6.10 Å². The highest BCUT2D eigenvalue weighted by Crippen LogP contribution is 2.33. The van der Waals surface area contributed by atoms with Crippen LogP contribution >= 0.6 is 34.8 Å². The first-order valence-electron chi connectivity index (χ1n) is 4.94. The Bertz CT molecular complexity index is 450. The maximum absolute atomic E-state index is 11.0. The van der Waals surface area contributed by atoms with Gasteiger partial charge in [0.25, 0.3) is 0 Å². The highest BCUT2D eigenvalue weighted by atomic mass is 35.5. The molecule has 0 saturated heterocycles. The van der Waals surface area contributed by atoms with Crippen molar-refractivity contribution in [1.82, 2.24) is 0 Å². The van der Waals surface area contributed by atoms with Gasteiger partial charge in [0.2, 0.25) is 0 Å². The van der Waals surface area contributed by atoms with Crippen molar-refractivity contribution in [2.24, 2.45) is 0 Å². The number of aliphatic hydroxyl groups excluding tert-OH is 2. The smallest absolute Gasteiger partial charge is 0.308 e. The molecule has 0 amide bonds. The number of carbonyl (C=O) groups excluding carboxylic acids is 1. The lowest BCUT2D eigenvalue weighted by atomic mass is 10.0. The fourth-order valence-corrected chi connectivity index (χ4v) is 2.00. The van der Waals surface area contributed by atoms with E-state index in [4.69, 9.17) is 34.8 Å². The zero-order chi connectivity index (χ0) is 13.9. The normalized spacial score (nSPS) is 14.1. The lowest BCUT2D eigenvalue weighted by Gasteiger charge is -2.18. The number of rotatable bonds is 4. The van der Waals surface area contributed by atoms with Crippen LogP contribution in [0.15, 0.2) is 12.1 Å². The van der Waals surface area contributed by atoms with E-state index >= 15 is 0 Å². The number of ether oxygens (including phenoxy) is 1. The maximum Gasteiger partial charge on any atom is 0.308 e. The topological polar surface area (TPSA) is 66.8 Å². The van der Waals surface area contributed by atoms with E-state index in [0.29, 0.717) is 0 Å². The van der Waals surface area contributed by atoms with Crippen molar-refractivity contribution in [3.8, 4) is 0 Å². The summed E-state index contributed by atoms with van der Waals surface area (Å²) in [4.78, 5) is 11.0. The average Bonchev–Trinajstić information content (AvgIpc) is 2.32. The molecule has 0 saturated carbocycles. The SMILES string of the molecule is COC(=O)CC(O)C(O)c1cc(Cl)c(Cl)cc1Cl.